The zero-order chi connectivity index (χ0) is 75.8. The number of phosphoric ester groups is 2. The van der Waals surface area contributed by atoms with Crippen LogP contribution in [0.25, 0.3) is 0 Å². The zero-order valence-corrected chi connectivity index (χ0v) is 69.6. The summed E-state index contributed by atoms with van der Waals surface area (Å²) in [5.41, 5.74) is 0. The molecule has 0 heterocycles. The van der Waals surface area contributed by atoms with Crippen molar-refractivity contribution in [3.8, 4) is 0 Å². The molecule has 3 unspecified atom stereocenters. The minimum atomic E-state index is -4.96. The van der Waals surface area contributed by atoms with Gasteiger partial charge in [-0.05, 0) is 43.4 Å². The quantitative estimate of drug-likeness (QED) is 0.0222. The summed E-state index contributed by atoms with van der Waals surface area (Å²) in [7, 11) is -9.93. The van der Waals surface area contributed by atoms with E-state index in [-0.39, 0.29) is 25.7 Å². The molecule has 0 aromatic heterocycles. The molecule has 0 aliphatic heterocycles. The van der Waals surface area contributed by atoms with Crippen LogP contribution in [-0.2, 0) is 65.4 Å². The van der Waals surface area contributed by atoms with Gasteiger partial charge in [0.05, 0.1) is 26.4 Å². The third-order valence-electron chi connectivity index (χ3n) is 20.0. The lowest BCUT2D eigenvalue weighted by Gasteiger charge is -2.21. The van der Waals surface area contributed by atoms with Crippen LogP contribution in [0.5, 0.6) is 0 Å². The highest BCUT2D eigenvalue weighted by molar-refractivity contribution is 7.47. The molecule has 0 aliphatic carbocycles. The highest BCUT2D eigenvalue weighted by Gasteiger charge is 2.30. The maximum atomic E-state index is 13.1. The van der Waals surface area contributed by atoms with Crippen LogP contribution >= 0.6 is 15.6 Å². The zero-order valence-electron chi connectivity index (χ0n) is 67.8. The van der Waals surface area contributed by atoms with Gasteiger partial charge in [-0.25, -0.2) is 9.13 Å². The van der Waals surface area contributed by atoms with Gasteiger partial charge < -0.3 is 33.8 Å². The molecule has 0 bridgehead atoms. The molecule has 19 heteroatoms. The van der Waals surface area contributed by atoms with E-state index in [4.69, 9.17) is 37.0 Å². The lowest BCUT2D eigenvalue weighted by Crippen LogP contribution is -2.30. The molecule has 0 radical (unpaired) electrons. The van der Waals surface area contributed by atoms with Crippen molar-refractivity contribution < 1.29 is 80.2 Å². The van der Waals surface area contributed by atoms with Gasteiger partial charge in [0, 0.05) is 25.7 Å². The summed E-state index contributed by atoms with van der Waals surface area (Å²) in [6.07, 6.45) is 63.7. The van der Waals surface area contributed by atoms with Gasteiger partial charge in [0.2, 0.25) is 0 Å². The van der Waals surface area contributed by atoms with E-state index in [2.05, 4.69) is 48.5 Å². The first-order valence-electron chi connectivity index (χ1n) is 43.4. The second-order valence-corrected chi connectivity index (χ2v) is 34.3. The Balaban J connectivity index is 5.26. The van der Waals surface area contributed by atoms with Gasteiger partial charge in [-0.1, -0.05) is 389 Å². The van der Waals surface area contributed by atoms with E-state index >= 15 is 0 Å². The molecule has 3 N–H and O–H groups in total. The Kier molecular flexibility index (Phi) is 72.8. The van der Waals surface area contributed by atoms with Gasteiger partial charge in [-0.2, -0.15) is 0 Å². The van der Waals surface area contributed by atoms with Crippen LogP contribution in [0.15, 0.2) is 0 Å². The monoisotopic (exact) mass is 1510 g/mol. The lowest BCUT2D eigenvalue weighted by atomic mass is 9.99. The van der Waals surface area contributed by atoms with E-state index in [0.717, 1.165) is 108 Å². The van der Waals surface area contributed by atoms with Crippen molar-refractivity contribution in [1.82, 2.24) is 0 Å². The number of aliphatic hydroxyl groups excluding tert-OH is 1. The van der Waals surface area contributed by atoms with Crippen LogP contribution in [0, 0.1) is 17.8 Å². The number of hydrogen-bond donors (Lipinski definition) is 3. The number of rotatable bonds is 82. The largest absolute Gasteiger partial charge is 0.472 e. The Hall–Kier alpha value is -1.94. The Bertz CT molecular complexity index is 1990. The molecule has 0 amide bonds. The van der Waals surface area contributed by atoms with Gasteiger partial charge in [-0.15, -0.1) is 0 Å². The number of carbonyl (C=O) groups is 4. The number of carbonyl (C=O) groups excluding carboxylic acids is 4. The van der Waals surface area contributed by atoms with Crippen molar-refractivity contribution in [2.75, 3.05) is 39.6 Å². The average Bonchev–Trinajstić information content (AvgIpc) is 0.912. The van der Waals surface area contributed by atoms with E-state index in [1.165, 1.54) is 250 Å². The van der Waals surface area contributed by atoms with Crippen molar-refractivity contribution in [3.05, 3.63) is 0 Å². The van der Waals surface area contributed by atoms with E-state index in [1.807, 2.05) is 0 Å². The van der Waals surface area contributed by atoms with Gasteiger partial charge in [0.1, 0.15) is 19.3 Å². The number of aliphatic hydroxyl groups is 1. The van der Waals surface area contributed by atoms with E-state index in [0.29, 0.717) is 25.7 Å². The third-order valence-corrected chi connectivity index (χ3v) is 21.9. The van der Waals surface area contributed by atoms with Crippen LogP contribution in [0.4, 0.5) is 0 Å². The molecule has 0 aromatic carbocycles. The molecule has 0 saturated heterocycles. The molecular formula is C84H164O17P2. The van der Waals surface area contributed by atoms with Crippen molar-refractivity contribution >= 4 is 39.5 Å². The van der Waals surface area contributed by atoms with Crippen molar-refractivity contribution in [3.63, 3.8) is 0 Å². The lowest BCUT2D eigenvalue weighted by molar-refractivity contribution is -0.161. The summed E-state index contributed by atoms with van der Waals surface area (Å²) in [6, 6.07) is 0. The number of esters is 4. The number of unbranched alkanes of at least 4 members (excludes halogenated alkanes) is 49. The molecular weight excluding hydrogens is 1340 g/mol. The fraction of sp³-hybridized carbons (Fsp3) is 0.952. The predicted molar refractivity (Wildman–Crippen MR) is 423 cm³/mol. The van der Waals surface area contributed by atoms with Crippen LogP contribution < -0.4 is 0 Å². The van der Waals surface area contributed by atoms with E-state index < -0.39 is 97.5 Å². The molecule has 17 nitrogen and oxygen atoms in total. The number of ether oxygens (including phenoxy) is 4. The fourth-order valence-electron chi connectivity index (χ4n) is 13.0. The second kappa shape index (κ2) is 74.2. The van der Waals surface area contributed by atoms with Crippen LogP contribution in [0.3, 0.4) is 0 Å². The van der Waals surface area contributed by atoms with Crippen molar-refractivity contribution in [2.24, 2.45) is 17.8 Å². The summed E-state index contributed by atoms with van der Waals surface area (Å²) in [4.78, 5) is 73.2. The number of phosphoric acid groups is 2. The molecule has 0 spiro atoms. The smallest absolute Gasteiger partial charge is 0.462 e. The molecule has 6 atom stereocenters. The summed E-state index contributed by atoms with van der Waals surface area (Å²) >= 11 is 0. The minimum Gasteiger partial charge on any atom is -0.462 e. The predicted octanol–water partition coefficient (Wildman–Crippen LogP) is 25.3. The first-order valence-corrected chi connectivity index (χ1v) is 46.4. The molecule has 0 saturated carbocycles. The topological polar surface area (TPSA) is 237 Å². The Morgan fingerprint density at radius 3 is 0.738 bits per heavy atom. The minimum absolute atomic E-state index is 0.108. The second-order valence-electron chi connectivity index (χ2n) is 31.4. The summed E-state index contributed by atoms with van der Waals surface area (Å²) in [5.74, 6) is 0.273. The SMILES string of the molecule is CCCCCCCCCCCCCCCCCCC(=O)O[C@H](COC(=O)CCCCCCCCCCC(C)C)COP(=O)(O)OC[C@H](O)COP(=O)(O)OC[C@@H](COC(=O)CCCCCCCCCCCCCCCCC(C)CC)OC(=O)CCCCCCCCCCCCCCCCCC(C)C. The Morgan fingerprint density at radius 2 is 0.495 bits per heavy atom. The average molecular weight is 1510 g/mol. The maximum Gasteiger partial charge on any atom is 0.472 e. The third kappa shape index (κ3) is 76.6. The van der Waals surface area contributed by atoms with E-state index in [1.54, 1.807) is 0 Å². The summed E-state index contributed by atoms with van der Waals surface area (Å²) < 4.78 is 68.8. The molecule has 0 aliphatic rings. The van der Waals surface area contributed by atoms with Gasteiger partial charge in [-0.3, -0.25) is 37.3 Å². The highest BCUT2D eigenvalue weighted by Crippen LogP contribution is 2.45. The first kappa shape index (κ1) is 101. The summed E-state index contributed by atoms with van der Waals surface area (Å²) in [5, 5.41) is 10.7. The van der Waals surface area contributed by atoms with Crippen LogP contribution in [0.1, 0.15) is 440 Å². The molecule has 0 fully saturated rings. The summed E-state index contributed by atoms with van der Waals surface area (Å²) in [6.45, 7) is 12.0. The van der Waals surface area contributed by atoms with Gasteiger partial charge in [0.15, 0.2) is 12.2 Å². The molecule has 0 rings (SSSR count). The Labute approximate surface area is 632 Å². The highest BCUT2D eigenvalue weighted by atomic mass is 31.2. The van der Waals surface area contributed by atoms with Crippen molar-refractivity contribution in [2.45, 2.75) is 458 Å². The van der Waals surface area contributed by atoms with Crippen molar-refractivity contribution in [1.29, 1.82) is 0 Å². The van der Waals surface area contributed by atoms with Gasteiger partial charge in [0.25, 0.3) is 0 Å². The maximum absolute atomic E-state index is 13.1. The van der Waals surface area contributed by atoms with Crippen LogP contribution in [0.2, 0.25) is 0 Å². The molecule has 0 aromatic rings. The number of hydrogen-bond acceptors (Lipinski definition) is 15. The molecule has 612 valence electrons. The standard InChI is InChI=1S/C84H164O17P2/c1-8-10-11-12-13-14-15-16-17-20-27-32-37-46-53-60-67-84(89)101-80(72-95-82(87)66-59-52-45-40-39-42-49-56-63-76(5)6)74-99-103(92,93)97-70-78(85)69-96-102(90,91)98-73-79(100-83(88)68-61-54-47-38-33-28-21-18-19-24-29-34-41-48-55-62-75(3)4)71-94-81(86)65-58-51-44-36-31-26-23-22-25-30-35-43-50-57-64-77(7)9-2/h75-80,85H,8-74H2,1-7H3,(H,90,91)(H,92,93)/t77?,78-,79-,80-/m1/s1. The van der Waals surface area contributed by atoms with Gasteiger partial charge >= 0.3 is 39.5 Å². The van der Waals surface area contributed by atoms with E-state index in [9.17, 15) is 43.2 Å². The van der Waals surface area contributed by atoms with Crippen LogP contribution in [-0.4, -0.2) is 96.7 Å². The normalized spacial score (nSPS) is 14.2. The first-order chi connectivity index (χ1) is 49.8. The molecule has 103 heavy (non-hydrogen) atoms. The fourth-order valence-corrected chi connectivity index (χ4v) is 14.6. The Morgan fingerprint density at radius 1 is 0.282 bits per heavy atom.